The van der Waals surface area contributed by atoms with Crippen molar-refractivity contribution in [2.24, 2.45) is 0 Å². The van der Waals surface area contributed by atoms with Crippen LogP contribution in [0.25, 0.3) is 17.1 Å². The van der Waals surface area contributed by atoms with Crippen molar-refractivity contribution in [1.82, 2.24) is 20.5 Å². The van der Waals surface area contributed by atoms with Gasteiger partial charge in [-0.05, 0) is 37.3 Å². The van der Waals surface area contributed by atoms with Gasteiger partial charge in [-0.3, -0.25) is 14.7 Å². The first kappa shape index (κ1) is 21.5. The number of methoxy groups -OCH3 is 1. The second-order valence-corrected chi connectivity index (χ2v) is 6.86. The van der Waals surface area contributed by atoms with Gasteiger partial charge in [0.2, 0.25) is 5.91 Å². The minimum absolute atomic E-state index is 0.236. The molecule has 2 N–H and O–H groups in total. The number of H-pyrrole nitrogens is 1. The Morgan fingerprint density at radius 3 is 2.87 bits per heavy atom. The quantitative estimate of drug-likeness (QED) is 0.538. The summed E-state index contributed by atoms with van der Waals surface area (Å²) in [5.41, 5.74) is 1.80. The van der Waals surface area contributed by atoms with Crippen LogP contribution in [0.4, 0.5) is 5.69 Å². The zero-order valence-corrected chi connectivity index (χ0v) is 17.4. The average Bonchev–Trinajstić information content (AvgIpc) is 3.18. The van der Waals surface area contributed by atoms with Crippen LogP contribution in [0.15, 0.2) is 48.7 Å². The number of hydrogen-bond acceptors (Lipinski definition) is 5. The third kappa shape index (κ3) is 5.03. The molecule has 3 rings (SSSR count). The summed E-state index contributed by atoms with van der Waals surface area (Å²) in [5, 5.41) is 11.0. The fourth-order valence-corrected chi connectivity index (χ4v) is 3.04. The Bertz CT molecular complexity index is 1070. The Morgan fingerprint density at radius 2 is 2.10 bits per heavy atom. The number of benzene rings is 1. The van der Waals surface area contributed by atoms with Gasteiger partial charge in [-0.2, -0.15) is 5.10 Å². The van der Waals surface area contributed by atoms with Gasteiger partial charge < -0.3 is 15.0 Å². The van der Waals surface area contributed by atoms with Crippen LogP contribution in [-0.4, -0.2) is 53.3 Å². The number of halogens is 1. The molecular weight excluding hydrogens is 406 g/mol. The van der Waals surface area contributed by atoms with E-state index >= 15 is 0 Å². The number of aromatic nitrogens is 3. The van der Waals surface area contributed by atoms with Crippen LogP contribution in [0.1, 0.15) is 12.6 Å². The molecule has 0 unspecified atom stereocenters. The van der Waals surface area contributed by atoms with E-state index in [1.807, 2.05) is 6.07 Å². The molecular formula is C21H22ClN5O3. The fraction of sp³-hybridized carbons (Fsp3) is 0.238. The van der Waals surface area contributed by atoms with Gasteiger partial charge in [-0.25, -0.2) is 4.98 Å². The summed E-state index contributed by atoms with van der Waals surface area (Å²) in [7, 11) is 1.46. The van der Waals surface area contributed by atoms with E-state index < -0.39 is 6.10 Å². The topological polar surface area (TPSA) is 100 Å². The molecule has 2 aromatic heterocycles. The molecule has 2 amide bonds. The van der Waals surface area contributed by atoms with Crippen molar-refractivity contribution in [1.29, 1.82) is 0 Å². The summed E-state index contributed by atoms with van der Waals surface area (Å²) in [6.07, 6.45) is 4.16. The van der Waals surface area contributed by atoms with Gasteiger partial charge in [0.05, 0.1) is 16.4 Å². The Hall–Kier alpha value is -3.23. The number of anilines is 1. The average molecular weight is 428 g/mol. The summed E-state index contributed by atoms with van der Waals surface area (Å²) < 4.78 is 5.00. The predicted molar refractivity (Wildman–Crippen MR) is 116 cm³/mol. The fourth-order valence-electron chi connectivity index (χ4n) is 2.80. The lowest BCUT2D eigenvalue weighted by Gasteiger charge is -2.23. The number of carbonyl (C=O) groups excluding carboxylic acids is 2. The zero-order valence-electron chi connectivity index (χ0n) is 16.6. The van der Waals surface area contributed by atoms with Crippen molar-refractivity contribution in [2.45, 2.75) is 13.0 Å². The van der Waals surface area contributed by atoms with Crippen molar-refractivity contribution in [3.63, 3.8) is 0 Å². The first-order valence-electron chi connectivity index (χ1n) is 9.35. The summed E-state index contributed by atoms with van der Waals surface area (Å²) in [4.78, 5) is 30.6. The molecule has 0 saturated heterocycles. The maximum absolute atomic E-state index is 13.0. The molecule has 9 heteroatoms. The Kier molecular flexibility index (Phi) is 7.16. The molecule has 0 aliphatic rings. The number of amides is 2. The summed E-state index contributed by atoms with van der Waals surface area (Å²) >= 11 is 6.31. The van der Waals surface area contributed by atoms with Gasteiger partial charge >= 0.3 is 0 Å². The number of rotatable bonds is 8. The molecule has 30 heavy (non-hydrogen) atoms. The highest BCUT2D eigenvalue weighted by Crippen LogP contribution is 2.25. The van der Waals surface area contributed by atoms with Gasteiger partial charge in [0.1, 0.15) is 6.10 Å². The number of fused-ring (bicyclic) bond motifs is 1. The van der Waals surface area contributed by atoms with Crippen LogP contribution in [0.3, 0.4) is 0 Å². The first-order valence-corrected chi connectivity index (χ1v) is 9.72. The first-order chi connectivity index (χ1) is 14.5. The maximum Gasteiger partial charge on any atom is 0.251 e. The minimum atomic E-state index is -0.573. The number of carbonyl (C=O) groups is 2. The van der Waals surface area contributed by atoms with E-state index in [4.69, 9.17) is 16.3 Å². The lowest BCUT2D eigenvalue weighted by Crippen LogP contribution is -2.41. The van der Waals surface area contributed by atoms with E-state index in [0.29, 0.717) is 22.1 Å². The zero-order chi connectivity index (χ0) is 21.5. The van der Waals surface area contributed by atoms with Gasteiger partial charge in [0.25, 0.3) is 5.91 Å². The van der Waals surface area contributed by atoms with E-state index in [-0.39, 0.29) is 24.9 Å². The summed E-state index contributed by atoms with van der Waals surface area (Å²) in [6.45, 7) is 2.13. The van der Waals surface area contributed by atoms with Gasteiger partial charge in [0.15, 0.2) is 5.65 Å². The van der Waals surface area contributed by atoms with Crippen LogP contribution < -0.4 is 10.2 Å². The second-order valence-electron chi connectivity index (χ2n) is 6.46. The van der Waals surface area contributed by atoms with Gasteiger partial charge in [-0.15, -0.1) is 0 Å². The summed E-state index contributed by atoms with van der Waals surface area (Å²) in [5.74, 6) is -0.542. The summed E-state index contributed by atoms with van der Waals surface area (Å²) in [6, 6.07) is 10.7. The van der Waals surface area contributed by atoms with Crippen molar-refractivity contribution in [3.8, 4) is 0 Å². The number of para-hydroxylation sites is 1. The molecule has 0 spiro atoms. The third-order valence-corrected chi connectivity index (χ3v) is 4.84. The SMILES string of the molecule is CO[C@@H](C)C(=O)NCCN(C(=O)/C=C/c1[nH]nc2ncccc12)c1ccccc1Cl. The predicted octanol–water partition coefficient (Wildman–Crippen LogP) is 2.81. The molecule has 156 valence electrons. The molecule has 0 fully saturated rings. The molecule has 0 saturated carbocycles. The third-order valence-electron chi connectivity index (χ3n) is 4.52. The largest absolute Gasteiger partial charge is 0.372 e. The Morgan fingerprint density at radius 1 is 1.30 bits per heavy atom. The highest BCUT2D eigenvalue weighted by Gasteiger charge is 2.17. The molecule has 3 aromatic rings. The molecule has 2 heterocycles. The lowest BCUT2D eigenvalue weighted by atomic mass is 10.2. The van der Waals surface area contributed by atoms with Crippen molar-refractivity contribution >= 4 is 46.2 Å². The van der Waals surface area contributed by atoms with Crippen LogP contribution in [0.2, 0.25) is 5.02 Å². The van der Waals surface area contributed by atoms with E-state index in [9.17, 15) is 9.59 Å². The highest BCUT2D eigenvalue weighted by molar-refractivity contribution is 6.34. The molecule has 1 aromatic carbocycles. The maximum atomic E-state index is 13.0. The van der Waals surface area contributed by atoms with E-state index in [1.54, 1.807) is 49.5 Å². The van der Waals surface area contributed by atoms with Crippen LogP contribution >= 0.6 is 11.6 Å². The van der Waals surface area contributed by atoms with Crippen LogP contribution in [0.5, 0.6) is 0 Å². The van der Waals surface area contributed by atoms with Crippen LogP contribution in [0, 0.1) is 0 Å². The van der Waals surface area contributed by atoms with Crippen molar-refractivity contribution < 1.29 is 14.3 Å². The van der Waals surface area contributed by atoms with E-state index in [0.717, 1.165) is 5.39 Å². The van der Waals surface area contributed by atoms with Crippen molar-refractivity contribution in [2.75, 3.05) is 25.1 Å². The van der Waals surface area contributed by atoms with E-state index in [1.165, 1.54) is 18.1 Å². The lowest BCUT2D eigenvalue weighted by molar-refractivity contribution is -0.130. The Labute approximate surface area is 178 Å². The Balaban J connectivity index is 1.78. The molecule has 0 radical (unpaired) electrons. The molecule has 0 bridgehead atoms. The van der Waals surface area contributed by atoms with Gasteiger partial charge in [-0.1, -0.05) is 23.7 Å². The normalized spacial score (nSPS) is 12.2. The molecule has 1 atom stereocenters. The number of ether oxygens (including phenoxy) is 1. The standard InChI is InChI=1S/C21H22ClN5O3/c1-14(30-2)21(29)24-12-13-27(18-8-4-3-7-16(18)22)19(28)10-9-17-15-6-5-11-23-20(15)26-25-17/h3-11,14H,12-13H2,1-2H3,(H,24,29)(H,23,25,26)/b10-9+/t14-/m0/s1. The number of pyridine rings is 1. The number of hydrogen-bond donors (Lipinski definition) is 2. The number of nitrogens with one attached hydrogen (secondary N) is 2. The van der Waals surface area contributed by atoms with E-state index in [2.05, 4.69) is 20.5 Å². The van der Waals surface area contributed by atoms with Crippen LogP contribution in [-0.2, 0) is 14.3 Å². The monoisotopic (exact) mass is 427 g/mol. The second kappa shape index (κ2) is 10.00. The molecule has 0 aliphatic carbocycles. The number of nitrogens with zero attached hydrogens (tertiary/aromatic N) is 3. The molecule has 8 nitrogen and oxygen atoms in total. The minimum Gasteiger partial charge on any atom is -0.372 e. The smallest absolute Gasteiger partial charge is 0.251 e. The number of aromatic amines is 1. The molecule has 0 aliphatic heterocycles. The van der Waals surface area contributed by atoms with Gasteiger partial charge in [0, 0.05) is 37.9 Å². The van der Waals surface area contributed by atoms with Crippen molar-refractivity contribution in [3.05, 3.63) is 59.4 Å². The highest BCUT2D eigenvalue weighted by atomic mass is 35.5.